The smallest absolute Gasteiger partial charge is 0.410 e. The average molecular weight is 308 g/mol. The summed E-state index contributed by atoms with van der Waals surface area (Å²) in [6.07, 6.45) is 0.599. The number of nitrogens with one attached hydrogen (secondary N) is 1. The Morgan fingerprint density at radius 2 is 1.77 bits per heavy atom. The highest BCUT2D eigenvalue weighted by Gasteiger charge is 2.18. The van der Waals surface area contributed by atoms with Crippen LogP contribution in [-0.2, 0) is 4.79 Å². The number of carbonyl (C=O) groups excluding carboxylic acids is 2. The van der Waals surface area contributed by atoms with Crippen molar-refractivity contribution in [3.63, 3.8) is 0 Å². The number of likely N-dealkylation sites (N-methyl/N-ethyl adjacent to an activating group) is 1. The average Bonchev–Trinajstić information content (AvgIpc) is 2.39. The predicted molar refractivity (Wildman–Crippen MR) is 86.9 cm³/mol. The van der Waals surface area contributed by atoms with Gasteiger partial charge in [0.1, 0.15) is 5.75 Å². The monoisotopic (exact) mass is 308 g/mol. The van der Waals surface area contributed by atoms with E-state index in [1.165, 1.54) is 4.90 Å². The normalized spacial score (nSPS) is 11.0. The van der Waals surface area contributed by atoms with E-state index in [2.05, 4.69) is 12.2 Å². The fraction of sp³-hybridized carbons (Fsp3) is 0.500. The summed E-state index contributed by atoms with van der Waals surface area (Å²) in [5.74, 6) is 0.412. The predicted octanol–water partition coefficient (Wildman–Crippen LogP) is 2.17. The fourth-order valence-corrected chi connectivity index (χ4v) is 2.07. The molecule has 0 radical (unpaired) electrons. The third kappa shape index (κ3) is 6.13. The Morgan fingerprint density at radius 1 is 1.18 bits per heavy atom. The lowest BCUT2D eigenvalue weighted by Crippen LogP contribution is -2.46. The molecule has 22 heavy (non-hydrogen) atoms. The van der Waals surface area contributed by atoms with Gasteiger partial charge >= 0.3 is 6.09 Å². The first-order chi connectivity index (χ1) is 10.2. The zero-order valence-electron chi connectivity index (χ0n) is 14.0. The molecule has 0 aliphatic rings. The minimum absolute atomic E-state index is 0.0310. The molecule has 0 spiro atoms. The van der Waals surface area contributed by atoms with Crippen molar-refractivity contribution in [3.05, 3.63) is 24.3 Å². The van der Waals surface area contributed by atoms with Gasteiger partial charge in [0.2, 0.25) is 0 Å². The van der Waals surface area contributed by atoms with Gasteiger partial charge in [-0.15, -0.1) is 0 Å². The van der Waals surface area contributed by atoms with E-state index >= 15 is 0 Å². The van der Waals surface area contributed by atoms with E-state index in [-0.39, 0.29) is 5.91 Å². The lowest BCUT2D eigenvalue weighted by Gasteiger charge is -2.28. The molecule has 1 aromatic carbocycles. The maximum Gasteiger partial charge on any atom is 0.414 e. The van der Waals surface area contributed by atoms with Crippen LogP contribution in [0, 0.1) is 0 Å². The van der Waals surface area contributed by atoms with Crippen LogP contribution in [0.1, 0.15) is 13.3 Å². The molecule has 1 N–H and O–H groups in total. The first kappa shape index (κ1) is 18.0. The summed E-state index contributed by atoms with van der Waals surface area (Å²) in [7, 11) is 7.31. The van der Waals surface area contributed by atoms with Gasteiger partial charge in [-0.05, 0) is 30.7 Å². The highest BCUT2D eigenvalue weighted by atomic mass is 16.6. The molecule has 6 heteroatoms. The Bertz CT molecular complexity index is 510. The Morgan fingerprint density at radius 3 is 2.27 bits per heavy atom. The Kier molecular flexibility index (Phi) is 6.37. The van der Waals surface area contributed by atoms with Crippen molar-refractivity contribution < 1.29 is 18.8 Å². The van der Waals surface area contributed by atoms with Crippen LogP contribution in [0.3, 0.4) is 0 Å². The number of ether oxygens (including phenoxy) is 1. The number of quaternary nitrogens is 1. The molecule has 0 saturated carbocycles. The number of rotatable bonds is 6. The number of hydrogen-bond acceptors (Lipinski definition) is 3. The first-order valence-electron chi connectivity index (χ1n) is 7.34. The minimum atomic E-state index is -0.435. The van der Waals surface area contributed by atoms with Crippen LogP contribution in [-0.4, -0.2) is 62.7 Å². The first-order valence-corrected chi connectivity index (χ1v) is 7.34. The van der Waals surface area contributed by atoms with Crippen LogP contribution in [0.2, 0.25) is 0 Å². The van der Waals surface area contributed by atoms with Crippen LogP contribution in [0.15, 0.2) is 24.3 Å². The second-order valence-electron chi connectivity index (χ2n) is 6.15. The molecule has 1 aromatic rings. The molecule has 0 saturated heterocycles. The summed E-state index contributed by atoms with van der Waals surface area (Å²) >= 11 is 0. The van der Waals surface area contributed by atoms with Gasteiger partial charge in [0.15, 0.2) is 6.54 Å². The molecule has 0 unspecified atom stereocenters. The Labute approximate surface area is 132 Å². The summed E-state index contributed by atoms with van der Waals surface area (Å²) in [5, 5.41) is 2.85. The summed E-state index contributed by atoms with van der Waals surface area (Å²) in [6.45, 7) is 3.48. The number of anilines is 1. The molecular weight excluding hydrogens is 282 g/mol. The van der Waals surface area contributed by atoms with Crippen LogP contribution >= 0.6 is 0 Å². The molecule has 0 bridgehead atoms. The van der Waals surface area contributed by atoms with Crippen molar-refractivity contribution in [2.75, 3.05) is 46.6 Å². The number of amides is 2. The van der Waals surface area contributed by atoms with Crippen molar-refractivity contribution in [1.29, 1.82) is 0 Å². The van der Waals surface area contributed by atoms with E-state index in [0.717, 1.165) is 13.0 Å². The van der Waals surface area contributed by atoms with Gasteiger partial charge in [0, 0.05) is 19.8 Å². The molecule has 0 atom stereocenters. The number of benzene rings is 1. The van der Waals surface area contributed by atoms with E-state index in [1.807, 2.05) is 14.1 Å². The molecule has 0 aliphatic heterocycles. The molecule has 0 fully saturated rings. The van der Waals surface area contributed by atoms with Crippen molar-refractivity contribution in [1.82, 2.24) is 4.90 Å². The SMILES string of the molecule is CCC[N+](C)(C)CC(=O)Nc1ccc(OC(=O)N(C)C)cc1. The van der Waals surface area contributed by atoms with Gasteiger partial charge < -0.3 is 19.4 Å². The molecule has 0 aromatic heterocycles. The molecule has 1 rings (SSSR count). The Hall–Kier alpha value is -2.08. The molecule has 0 heterocycles. The molecule has 2 amide bonds. The van der Waals surface area contributed by atoms with Gasteiger partial charge in [-0.1, -0.05) is 6.92 Å². The number of hydrogen-bond donors (Lipinski definition) is 1. The van der Waals surface area contributed by atoms with Gasteiger partial charge in [0.25, 0.3) is 5.91 Å². The summed E-state index contributed by atoms with van der Waals surface area (Å²) in [6, 6.07) is 6.75. The zero-order chi connectivity index (χ0) is 16.8. The van der Waals surface area contributed by atoms with Crippen LogP contribution in [0.4, 0.5) is 10.5 Å². The minimum Gasteiger partial charge on any atom is -0.410 e. The molecule has 0 aliphatic carbocycles. The summed E-state index contributed by atoms with van der Waals surface area (Å²) < 4.78 is 5.77. The van der Waals surface area contributed by atoms with Gasteiger partial charge in [-0.2, -0.15) is 0 Å². The lowest BCUT2D eigenvalue weighted by atomic mass is 10.3. The quantitative estimate of drug-likeness (QED) is 0.819. The second-order valence-corrected chi connectivity index (χ2v) is 6.15. The number of carbonyl (C=O) groups is 2. The maximum absolute atomic E-state index is 12.0. The van der Waals surface area contributed by atoms with Crippen molar-refractivity contribution in [2.45, 2.75) is 13.3 Å². The van der Waals surface area contributed by atoms with E-state index in [4.69, 9.17) is 4.74 Å². The largest absolute Gasteiger partial charge is 0.414 e. The Balaban J connectivity index is 2.57. The maximum atomic E-state index is 12.0. The van der Waals surface area contributed by atoms with E-state index in [1.54, 1.807) is 38.4 Å². The van der Waals surface area contributed by atoms with Crippen LogP contribution < -0.4 is 10.1 Å². The van der Waals surface area contributed by atoms with E-state index in [0.29, 0.717) is 22.5 Å². The van der Waals surface area contributed by atoms with E-state index < -0.39 is 6.09 Å². The lowest BCUT2D eigenvalue weighted by molar-refractivity contribution is -0.882. The van der Waals surface area contributed by atoms with Gasteiger partial charge in [0.05, 0.1) is 20.6 Å². The summed E-state index contributed by atoms with van der Waals surface area (Å²) in [5.41, 5.74) is 0.686. The van der Waals surface area contributed by atoms with Crippen molar-refractivity contribution >= 4 is 17.7 Å². The van der Waals surface area contributed by atoms with Crippen LogP contribution in [0.5, 0.6) is 5.75 Å². The van der Waals surface area contributed by atoms with Crippen molar-refractivity contribution in [2.24, 2.45) is 0 Å². The summed E-state index contributed by atoms with van der Waals surface area (Å²) in [4.78, 5) is 24.8. The standard InChI is InChI=1S/C16H25N3O3/c1-6-11-19(4,5)12-15(20)17-13-7-9-14(10-8-13)22-16(21)18(2)3/h7-10H,6,11-12H2,1-5H3/p+1. The highest BCUT2D eigenvalue weighted by molar-refractivity contribution is 5.91. The van der Waals surface area contributed by atoms with Crippen molar-refractivity contribution in [3.8, 4) is 5.75 Å². The zero-order valence-corrected chi connectivity index (χ0v) is 14.0. The second kappa shape index (κ2) is 7.79. The molecule has 6 nitrogen and oxygen atoms in total. The molecule has 122 valence electrons. The number of nitrogens with zero attached hydrogens (tertiary/aromatic N) is 2. The third-order valence-corrected chi connectivity index (χ3v) is 3.11. The molecular formula is C16H26N3O3+. The van der Waals surface area contributed by atoms with Gasteiger partial charge in [-0.3, -0.25) is 4.79 Å². The fourth-order valence-electron chi connectivity index (χ4n) is 2.07. The van der Waals surface area contributed by atoms with Crippen LogP contribution in [0.25, 0.3) is 0 Å². The van der Waals surface area contributed by atoms with E-state index in [9.17, 15) is 9.59 Å². The topological polar surface area (TPSA) is 58.6 Å². The highest BCUT2D eigenvalue weighted by Crippen LogP contribution is 2.16. The third-order valence-electron chi connectivity index (χ3n) is 3.11. The van der Waals surface area contributed by atoms with Gasteiger partial charge in [-0.25, -0.2) is 4.79 Å².